The Kier molecular flexibility index (Phi) is 4.87. The average Bonchev–Trinajstić information content (AvgIpc) is 3.27. The number of carboxylic acid groups (broad SMARTS) is 1. The number of phenolic OH excluding ortho intramolecular Hbond substituents is 1. The highest BCUT2D eigenvalue weighted by molar-refractivity contribution is 5.98. The summed E-state index contributed by atoms with van der Waals surface area (Å²) in [6, 6.07) is 12.7. The molecular weight excluding hydrogens is 427 g/mol. The number of fused-ring (bicyclic) bond motifs is 2. The van der Waals surface area contributed by atoms with Crippen molar-refractivity contribution in [1.82, 2.24) is 9.88 Å². The number of nitrogens with zero attached hydrogens (tertiary/aromatic N) is 1. The van der Waals surface area contributed by atoms with E-state index < -0.39 is 22.8 Å². The smallest absolute Gasteiger partial charge is 0.341 e. The fraction of sp³-hybridized carbons (Fsp3) is 0.120. The van der Waals surface area contributed by atoms with Crippen LogP contribution in [0.3, 0.4) is 0 Å². The Balaban J connectivity index is 1.90. The van der Waals surface area contributed by atoms with E-state index in [9.17, 15) is 19.8 Å². The van der Waals surface area contributed by atoms with E-state index in [-0.39, 0.29) is 28.0 Å². The number of aromatic nitrogens is 1. The molecule has 0 saturated carbocycles. The van der Waals surface area contributed by atoms with E-state index in [4.69, 9.17) is 4.74 Å². The number of hydrogen-bond donors (Lipinski definition) is 3. The van der Waals surface area contributed by atoms with Gasteiger partial charge in [-0.15, -0.1) is 0 Å². The second-order valence-electron chi connectivity index (χ2n) is 7.81. The van der Waals surface area contributed by atoms with E-state index in [1.54, 1.807) is 18.2 Å². The number of pyridine rings is 1. The van der Waals surface area contributed by atoms with Crippen molar-refractivity contribution >= 4 is 16.9 Å². The normalized spacial score (nSPS) is 12.7. The number of methoxy groups -OCH3 is 1. The molecule has 0 radical (unpaired) electrons. The lowest BCUT2D eigenvalue weighted by Crippen LogP contribution is -2.19. The quantitative estimate of drug-likeness (QED) is 0.441. The van der Waals surface area contributed by atoms with Crippen molar-refractivity contribution in [2.75, 3.05) is 7.11 Å². The van der Waals surface area contributed by atoms with Crippen LogP contribution in [0.5, 0.6) is 11.5 Å². The van der Waals surface area contributed by atoms with Crippen molar-refractivity contribution < 1.29 is 24.1 Å². The Bertz CT molecular complexity index is 1490. The molecule has 1 aliphatic heterocycles. The third-order valence-corrected chi connectivity index (χ3v) is 5.88. The van der Waals surface area contributed by atoms with E-state index in [0.29, 0.717) is 17.8 Å². The van der Waals surface area contributed by atoms with E-state index in [0.717, 1.165) is 23.7 Å². The van der Waals surface area contributed by atoms with Gasteiger partial charge in [0, 0.05) is 25.0 Å². The summed E-state index contributed by atoms with van der Waals surface area (Å²) in [6.45, 7) is 1.41. The Morgan fingerprint density at radius 3 is 2.52 bits per heavy atom. The number of phenols is 1. The van der Waals surface area contributed by atoms with Crippen molar-refractivity contribution in [3.8, 4) is 28.3 Å². The highest BCUT2D eigenvalue weighted by Crippen LogP contribution is 2.40. The van der Waals surface area contributed by atoms with Gasteiger partial charge in [-0.05, 0) is 53.1 Å². The molecule has 0 spiro atoms. The van der Waals surface area contributed by atoms with Gasteiger partial charge in [0.25, 0.3) is 0 Å². The number of carbonyl (C=O) groups is 1. The number of aromatic hydroxyl groups is 1. The summed E-state index contributed by atoms with van der Waals surface area (Å²) < 4.78 is 22.6. The number of nitrogens with one attached hydrogen (secondary N) is 1. The molecule has 33 heavy (non-hydrogen) atoms. The summed E-state index contributed by atoms with van der Waals surface area (Å²) in [6.07, 6.45) is 1.19. The number of aromatic carboxylic acids is 1. The standard InChI is InChI=1S/C25H19FN2O5/c1-33-24-21(13-2-3-14-10-27-11-15(14)8-13)20(26)9-18-22(24)28(12-19(23(18)30)25(31)32)16-4-6-17(29)7-5-16/h2-9,12,27,29H,10-11H2,1H3,(H,31,32). The topological polar surface area (TPSA) is 101 Å². The largest absolute Gasteiger partial charge is 0.508 e. The molecule has 0 aliphatic carbocycles. The third-order valence-electron chi connectivity index (χ3n) is 5.88. The molecule has 0 saturated heterocycles. The SMILES string of the molecule is COc1c(-c2ccc3c(c2)CNC3)c(F)cc2c(=O)c(C(=O)O)cn(-c3ccc(O)cc3)c12. The van der Waals surface area contributed by atoms with Crippen molar-refractivity contribution in [1.29, 1.82) is 0 Å². The number of benzene rings is 3. The number of ether oxygens (including phenoxy) is 1. The Labute approximate surface area is 187 Å². The summed E-state index contributed by atoms with van der Waals surface area (Å²) in [5, 5.41) is 22.4. The molecule has 0 amide bonds. The van der Waals surface area contributed by atoms with Crippen LogP contribution in [0.4, 0.5) is 4.39 Å². The summed E-state index contributed by atoms with van der Waals surface area (Å²) in [5.74, 6) is -1.99. The van der Waals surface area contributed by atoms with Crippen LogP contribution < -0.4 is 15.5 Å². The van der Waals surface area contributed by atoms with Crippen LogP contribution >= 0.6 is 0 Å². The fourth-order valence-electron chi connectivity index (χ4n) is 4.31. The molecule has 7 nitrogen and oxygen atoms in total. The maximum atomic E-state index is 15.5. The molecule has 2 heterocycles. The molecule has 0 fully saturated rings. The third kappa shape index (κ3) is 3.32. The van der Waals surface area contributed by atoms with Crippen molar-refractivity contribution in [2.24, 2.45) is 0 Å². The minimum atomic E-state index is -1.43. The zero-order valence-corrected chi connectivity index (χ0v) is 17.6. The van der Waals surface area contributed by atoms with Crippen molar-refractivity contribution in [3.63, 3.8) is 0 Å². The van der Waals surface area contributed by atoms with Gasteiger partial charge in [0.15, 0.2) is 5.75 Å². The lowest BCUT2D eigenvalue weighted by atomic mass is 9.97. The van der Waals surface area contributed by atoms with E-state index in [2.05, 4.69) is 5.32 Å². The van der Waals surface area contributed by atoms with Crippen LogP contribution in [0.2, 0.25) is 0 Å². The Morgan fingerprint density at radius 1 is 1.09 bits per heavy atom. The van der Waals surface area contributed by atoms with Gasteiger partial charge in [0.05, 0.1) is 18.1 Å². The molecule has 1 aromatic heterocycles. The molecular formula is C25H19FN2O5. The van der Waals surface area contributed by atoms with Crippen molar-refractivity contribution in [3.05, 3.63) is 87.5 Å². The Morgan fingerprint density at radius 2 is 1.82 bits per heavy atom. The number of rotatable bonds is 4. The molecule has 0 bridgehead atoms. The number of halogens is 1. The first-order chi connectivity index (χ1) is 15.9. The van der Waals surface area contributed by atoms with Gasteiger partial charge in [-0.1, -0.05) is 12.1 Å². The van der Waals surface area contributed by atoms with Crippen LogP contribution in [-0.4, -0.2) is 27.9 Å². The summed E-state index contributed by atoms with van der Waals surface area (Å²) >= 11 is 0. The zero-order valence-electron chi connectivity index (χ0n) is 17.6. The van der Waals surface area contributed by atoms with Gasteiger partial charge in [-0.25, -0.2) is 9.18 Å². The first-order valence-corrected chi connectivity index (χ1v) is 10.2. The van der Waals surface area contributed by atoms with Gasteiger partial charge in [0.1, 0.15) is 22.6 Å². The second-order valence-corrected chi connectivity index (χ2v) is 7.81. The molecule has 1 aliphatic rings. The highest BCUT2D eigenvalue weighted by atomic mass is 19.1. The van der Waals surface area contributed by atoms with Crippen molar-refractivity contribution in [2.45, 2.75) is 13.1 Å². The van der Waals surface area contributed by atoms with Crippen LogP contribution in [0.15, 0.2) is 59.5 Å². The van der Waals surface area contributed by atoms with E-state index >= 15 is 4.39 Å². The summed E-state index contributed by atoms with van der Waals surface area (Å²) in [7, 11) is 1.38. The predicted molar refractivity (Wildman–Crippen MR) is 121 cm³/mol. The van der Waals surface area contributed by atoms with Gasteiger partial charge < -0.3 is 24.8 Å². The zero-order chi connectivity index (χ0) is 23.3. The molecule has 8 heteroatoms. The number of carboxylic acids is 1. The Hall–Kier alpha value is -4.17. The highest BCUT2D eigenvalue weighted by Gasteiger charge is 2.24. The molecule has 3 N–H and O–H groups in total. The molecule has 0 atom stereocenters. The minimum absolute atomic E-state index is 0.0213. The van der Waals surface area contributed by atoms with Crippen LogP contribution in [0, 0.1) is 5.82 Å². The lowest BCUT2D eigenvalue weighted by Gasteiger charge is -2.19. The molecule has 5 rings (SSSR count). The maximum Gasteiger partial charge on any atom is 0.341 e. The molecule has 166 valence electrons. The maximum absolute atomic E-state index is 15.5. The first-order valence-electron chi connectivity index (χ1n) is 10.2. The van der Waals surface area contributed by atoms with Crippen LogP contribution in [0.25, 0.3) is 27.7 Å². The molecule has 3 aromatic carbocycles. The van der Waals surface area contributed by atoms with Gasteiger partial charge >= 0.3 is 5.97 Å². The van der Waals surface area contributed by atoms with Gasteiger partial charge in [0.2, 0.25) is 5.43 Å². The second kappa shape index (κ2) is 7.75. The predicted octanol–water partition coefficient (Wildman–Crippen LogP) is 3.81. The van der Waals surface area contributed by atoms with E-state index in [1.165, 1.54) is 30.0 Å². The minimum Gasteiger partial charge on any atom is -0.508 e. The fourth-order valence-corrected chi connectivity index (χ4v) is 4.31. The first kappa shape index (κ1) is 20.7. The molecule has 4 aromatic rings. The summed E-state index contributed by atoms with van der Waals surface area (Å²) in [4.78, 5) is 24.7. The average molecular weight is 446 g/mol. The monoisotopic (exact) mass is 446 g/mol. The molecule has 0 unspecified atom stereocenters. The number of hydrogen-bond acceptors (Lipinski definition) is 5. The summed E-state index contributed by atoms with van der Waals surface area (Å²) in [5.41, 5.74) is 2.32. The van der Waals surface area contributed by atoms with Gasteiger partial charge in [-0.3, -0.25) is 4.79 Å². The van der Waals surface area contributed by atoms with Crippen LogP contribution in [0.1, 0.15) is 21.5 Å². The lowest BCUT2D eigenvalue weighted by molar-refractivity contribution is 0.0695. The van der Waals surface area contributed by atoms with E-state index in [1.807, 2.05) is 12.1 Å². The van der Waals surface area contributed by atoms with Crippen LogP contribution in [-0.2, 0) is 13.1 Å². The van der Waals surface area contributed by atoms with Gasteiger partial charge in [-0.2, -0.15) is 0 Å².